The van der Waals surface area contributed by atoms with E-state index < -0.39 is 6.10 Å². The van der Waals surface area contributed by atoms with E-state index in [4.69, 9.17) is 11.6 Å². The fraction of sp³-hybridized carbons (Fsp3) is 0.400. The van der Waals surface area contributed by atoms with Gasteiger partial charge in [0.1, 0.15) is 0 Å². The summed E-state index contributed by atoms with van der Waals surface area (Å²) in [7, 11) is 0. The maximum Gasteiger partial charge on any atom is 0.0801 e. The number of hydrogen-bond donors (Lipinski definition) is 1. The van der Waals surface area contributed by atoms with Crippen LogP contribution in [0.1, 0.15) is 23.7 Å². The summed E-state index contributed by atoms with van der Waals surface area (Å²) in [4.78, 5) is 0. The highest BCUT2D eigenvalue weighted by Crippen LogP contribution is 2.17. The largest absolute Gasteiger partial charge is 0.388 e. The van der Waals surface area contributed by atoms with Gasteiger partial charge in [0.2, 0.25) is 0 Å². The number of alkyl halides is 1. The molecule has 0 heterocycles. The number of aliphatic hydroxyl groups excluding tert-OH is 1. The molecule has 2 heteroatoms. The molecule has 0 fully saturated rings. The standard InChI is InChI=1S/C10H13ClO/c1-8-3-2-4-9(7-8)10(12)5-6-11/h2-4,7,10,12H,5-6H2,1H3. The molecule has 0 amide bonds. The molecule has 0 radical (unpaired) electrons. The van der Waals surface area contributed by atoms with Crippen LogP contribution >= 0.6 is 11.6 Å². The Morgan fingerprint density at radius 3 is 2.83 bits per heavy atom. The fourth-order valence-electron chi connectivity index (χ4n) is 1.15. The summed E-state index contributed by atoms with van der Waals surface area (Å²) in [5, 5.41) is 9.56. The summed E-state index contributed by atoms with van der Waals surface area (Å²) in [5.74, 6) is 0.495. The molecule has 0 aliphatic carbocycles. The second kappa shape index (κ2) is 4.48. The van der Waals surface area contributed by atoms with Crippen molar-refractivity contribution in [3.8, 4) is 0 Å². The Kier molecular flexibility index (Phi) is 3.57. The van der Waals surface area contributed by atoms with Crippen molar-refractivity contribution in [3.63, 3.8) is 0 Å². The molecule has 1 N–H and O–H groups in total. The molecule has 1 aromatic rings. The van der Waals surface area contributed by atoms with Gasteiger partial charge in [-0.15, -0.1) is 11.6 Å². The minimum atomic E-state index is -0.414. The van der Waals surface area contributed by atoms with Crippen molar-refractivity contribution in [3.05, 3.63) is 35.4 Å². The summed E-state index contributed by atoms with van der Waals surface area (Å²) in [6.07, 6.45) is 0.202. The highest BCUT2D eigenvalue weighted by Gasteiger charge is 2.05. The lowest BCUT2D eigenvalue weighted by atomic mass is 10.1. The molecule has 12 heavy (non-hydrogen) atoms. The Morgan fingerprint density at radius 2 is 2.25 bits per heavy atom. The first kappa shape index (κ1) is 9.56. The van der Waals surface area contributed by atoms with E-state index in [2.05, 4.69) is 0 Å². The summed E-state index contributed by atoms with van der Waals surface area (Å²) in [6.45, 7) is 2.01. The second-order valence-electron chi connectivity index (χ2n) is 2.91. The van der Waals surface area contributed by atoms with Gasteiger partial charge in [-0.2, -0.15) is 0 Å². The van der Waals surface area contributed by atoms with E-state index in [-0.39, 0.29) is 0 Å². The Hall–Kier alpha value is -0.530. The number of benzene rings is 1. The molecular weight excluding hydrogens is 172 g/mol. The predicted octanol–water partition coefficient (Wildman–Crippen LogP) is 2.66. The van der Waals surface area contributed by atoms with E-state index >= 15 is 0 Å². The van der Waals surface area contributed by atoms with Crippen molar-refractivity contribution >= 4 is 11.6 Å². The Morgan fingerprint density at radius 1 is 1.50 bits per heavy atom. The number of aryl methyl sites for hydroxylation is 1. The van der Waals surface area contributed by atoms with Crippen LogP contribution in [-0.2, 0) is 0 Å². The molecular formula is C10H13ClO. The van der Waals surface area contributed by atoms with Crippen LogP contribution in [0, 0.1) is 6.92 Å². The lowest BCUT2D eigenvalue weighted by molar-refractivity contribution is 0.174. The van der Waals surface area contributed by atoms with Gasteiger partial charge in [0, 0.05) is 5.88 Å². The predicted molar refractivity (Wildman–Crippen MR) is 51.5 cm³/mol. The monoisotopic (exact) mass is 184 g/mol. The maximum atomic E-state index is 9.56. The van der Waals surface area contributed by atoms with Gasteiger partial charge < -0.3 is 5.11 Å². The van der Waals surface area contributed by atoms with Crippen molar-refractivity contribution < 1.29 is 5.11 Å². The van der Waals surface area contributed by atoms with E-state index in [1.165, 1.54) is 5.56 Å². The molecule has 0 saturated heterocycles. The quantitative estimate of drug-likeness (QED) is 0.717. The molecule has 1 aromatic carbocycles. The average Bonchev–Trinajstić information content (AvgIpc) is 2.05. The average molecular weight is 185 g/mol. The van der Waals surface area contributed by atoms with Gasteiger partial charge in [-0.1, -0.05) is 29.8 Å². The van der Waals surface area contributed by atoms with Crippen LogP contribution in [0.15, 0.2) is 24.3 Å². The molecule has 1 rings (SSSR count). The zero-order valence-corrected chi connectivity index (χ0v) is 7.88. The lowest BCUT2D eigenvalue weighted by Crippen LogP contribution is -1.97. The molecule has 0 saturated carbocycles. The highest BCUT2D eigenvalue weighted by molar-refractivity contribution is 6.17. The van der Waals surface area contributed by atoms with Gasteiger partial charge in [-0.3, -0.25) is 0 Å². The van der Waals surface area contributed by atoms with Crippen molar-refractivity contribution in [2.45, 2.75) is 19.4 Å². The number of rotatable bonds is 3. The summed E-state index contributed by atoms with van der Waals surface area (Å²) in [6, 6.07) is 7.86. The van der Waals surface area contributed by atoms with Gasteiger partial charge in [-0.25, -0.2) is 0 Å². The van der Waals surface area contributed by atoms with Crippen molar-refractivity contribution in [2.75, 3.05) is 5.88 Å². The minimum Gasteiger partial charge on any atom is -0.388 e. The van der Waals surface area contributed by atoms with Gasteiger partial charge in [-0.05, 0) is 18.9 Å². The molecule has 1 atom stereocenters. The SMILES string of the molecule is Cc1cccc(C(O)CCCl)c1. The van der Waals surface area contributed by atoms with E-state index in [0.717, 1.165) is 5.56 Å². The van der Waals surface area contributed by atoms with Crippen LogP contribution < -0.4 is 0 Å². The molecule has 0 bridgehead atoms. The van der Waals surface area contributed by atoms with Crippen LogP contribution in [0.4, 0.5) is 0 Å². The molecule has 1 nitrogen and oxygen atoms in total. The van der Waals surface area contributed by atoms with E-state index in [1.807, 2.05) is 31.2 Å². The van der Waals surface area contributed by atoms with Crippen LogP contribution in [0.5, 0.6) is 0 Å². The van der Waals surface area contributed by atoms with Gasteiger partial charge in [0.15, 0.2) is 0 Å². The summed E-state index contributed by atoms with van der Waals surface area (Å²) >= 11 is 5.53. The smallest absolute Gasteiger partial charge is 0.0801 e. The molecule has 0 aromatic heterocycles. The third-order valence-electron chi connectivity index (χ3n) is 1.81. The molecule has 66 valence electrons. The van der Waals surface area contributed by atoms with Crippen LogP contribution in [0.25, 0.3) is 0 Å². The fourth-order valence-corrected chi connectivity index (χ4v) is 1.35. The number of halogens is 1. The summed E-state index contributed by atoms with van der Waals surface area (Å²) in [5.41, 5.74) is 2.12. The normalized spacial score (nSPS) is 12.9. The minimum absolute atomic E-state index is 0.414. The molecule has 0 aliphatic heterocycles. The zero-order valence-electron chi connectivity index (χ0n) is 7.13. The Labute approximate surface area is 78.0 Å². The molecule has 1 unspecified atom stereocenters. The first-order valence-electron chi connectivity index (χ1n) is 4.04. The van der Waals surface area contributed by atoms with E-state index in [0.29, 0.717) is 12.3 Å². The van der Waals surface area contributed by atoms with Crippen LogP contribution in [-0.4, -0.2) is 11.0 Å². The van der Waals surface area contributed by atoms with E-state index in [9.17, 15) is 5.11 Å². The first-order valence-corrected chi connectivity index (χ1v) is 4.58. The third-order valence-corrected chi connectivity index (χ3v) is 2.03. The van der Waals surface area contributed by atoms with Gasteiger partial charge >= 0.3 is 0 Å². The Bertz CT molecular complexity index is 247. The molecule has 0 spiro atoms. The highest BCUT2D eigenvalue weighted by atomic mass is 35.5. The van der Waals surface area contributed by atoms with Crippen molar-refractivity contribution in [2.24, 2.45) is 0 Å². The second-order valence-corrected chi connectivity index (χ2v) is 3.29. The number of hydrogen-bond acceptors (Lipinski definition) is 1. The van der Waals surface area contributed by atoms with E-state index in [1.54, 1.807) is 0 Å². The molecule has 0 aliphatic rings. The summed E-state index contributed by atoms with van der Waals surface area (Å²) < 4.78 is 0. The first-order chi connectivity index (χ1) is 5.74. The topological polar surface area (TPSA) is 20.2 Å². The van der Waals surface area contributed by atoms with Crippen molar-refractivity contribution in [1.29, 1.82) is 0 Å². The third kappa shape index (κ3) is 2.50. The van der Waals surface area contributed by atoms with Gasteiger partial charge in [0.05, 0.1) is 6.10 Å². The van der Waals surface area contributed by atoms with Crippen molar-refractivity contribution in [1.82, 2.24) is 0 Å². The number of aliphatic hydroxyl groups is 1. The van der Waals surface area contributed by atoms with Gasteiger partial charge in [0.25, 0.3) is 0 Å². The van der Waals surface area contributed by atoms with Crippen LogP contribution in [0.3, 0.4) is 0 Å². The Balaban J connectivity index is 2.73. The lowest BCUT2D eigenvalue weighted by Gasteiger charge is -2.08. The zero-order chi connectivity index (χ0) is 8.97. The maximum absolute atomic E-state index is 9.56. The van der Waals surface area contributed by atoms with Crippen LogP contribution in [0.2, 0.25) is 0 Å².